The summed E-state index contributed by atoms with van der Waals surface area (Å²) in [6.45, 7) is 1.91. The Kier molecular flexibility index (Phi) is 5.53. The van der Waals surface area contributed by atoms with Gasteiger partial charge >= 0.3 is 6.18 Å². The lowest BCUT2D eigenvalue weighted by atomic mass is 10.1. The molecule has 27 heavy (non-hydrogen) atoms. The molecule has 2 aliphatic rings. The van der Waals surface area contributed by atoms with Crippen LogP contribution in [0.4, 0.5) is 13.2 Å². The molecule has 0 amide bonds. The Hall–Kier alpha value is -2.37. The van der Waals surface area contributed by atoms with Crippen LogP contribution in [0, 0.1) is 0 Å². The molecule has 1 saturated heterocycles. The Balaban J connectivity index is 1.90. The number of benzene rings is 1. The summed E-state index contributed by atoms with van der Waals surface area (Å²) >= 11 is 0. The zero-order valence-electron chi connectivity index (χ0n) is 14.5. The molecule has 1 fully saturated rings. The summed E-state index contributed by atoms with van der Waals surface area (Å²) in [6, 6.07) is 6.86. The molecule has 3 rings (SSSR count). The van der Waals surface area contributed by atoms with Crippen molar-refractivity contribution in [3.8, 4) is 0 Å². The van der Waals surface area contributed by atoms with Crippen molar-refractivity contribution in [2.75, 3.05) is 32.9 Å². The third kappa shape index (κ3) is 5.08. The van der Waals surface area contributed by atoms with Crippen LogP contribution in [-0.2, 0) is 21.9 Å². The second kappa shape index (κ2) is 7.71. The van der Waals surface area contributed by atoms with Gasteiger partial charge in [-0.1, -0.05) is 18.2 Å². The van der Waals surface area contributed by atoms with Crippen molar-refractivity contribution in [3.05, 3.63) is 35.4 Å². The number of rotatable bonds is 5. The van der Waals surface area contributed by atoms with E-state index >= 15 is 0 Å². The third-order valence-electron chi connectivity index (χ3n) is 4.05. The van der Waals surface area contributed by atoms with E-state index in [1.807, 2.05) is 6.07 Å². The predicted octanol–water partition coefficient (Wildman–Crippen LogP) is 0.441. The number of hydrogen-bond acceptors (Lipinski definition) is 8. The topological polar surface area (TPSA) is 110 Å². The molecule has 0 atom stereocenters. The monoisotopic (exact) mass is 386 g/mol. The summed E-state index contributed by atoms with van der Waals surface area (Å²) in [5.74, 6) is -2.35. The van der Waals surface area contributed by atoms with Gasteiger partial charge in [-0.25, -0.2) is 0 Å². The molecule has 0 radical (unpaired) electrons. The van der Waals surface area contributed by atoms with Crippen molar-refractivity contribution in [1.29, 1.82) is 0 Å². The summed E-state index contributed by atoms with van der Waals surface area (Å²) in [6.07, 6.45) is -4.56. The lowest BCUT2D eigenvalue weighted by molar-refractivity contribution is -0.205. The highest BCUT2D eigenvalue weighted by Crippen LogP contribution is 2.33. The van der Waals surface area contributed by atoms with E-state index in [4.69, 9.17) is 20.9 Å². The summed E-state index contributed by atoms with van der Waals surface area (Å²) in [7, 11) is 0. The van der Waals surface area contributed by atoms with Crippen LogP contribution < -0.4 is 16.8 Å². The number of nitrogens with one attached hydrogen (secondary N) is 1. The van der Waals surface area contributed by atoms with E-state index in [1.165, 1.54) is 0 Å². The molecule has 11 heteroatoms. The number of halogens is 3. The minimum absolute atomic E-state index is 0.178. The molecule has 0 aromatic heterocycles. The van der Waals surface area contributed by atoms with Gasteiger partial charge in [0, 0.05) is 25.2 Å². The Morgan fingerprint density at radius 3 is 2.48 bits per heavy atom. The number of alkyl halides is 3. The number of nitrogens with two attached hydrogens (primary N) is 2. The van der Waals surface area contributed by atoms with Crippen molar-refractivity contribution < 1.29 is 22.6 Å². The molecule has 0 bridgehead atoms. The van der Waals surface area contributed by atoms with Gasteiger partial charge in [-0.15, -0.1) is 0 Å². The largest absolute Gasteiger partial charge is 0.411 e. The van der Waals surface area contributed by atoms with Crippen LogP contribution in [-0.4, -0.2) is 55.9 Å². The molecule has 5 N–H and O–H groups in total. The van der Waals surface area contributed by atoms with Crippen molar-refractivity contribution >= 4 is 11.9 Å². The number of hydrogen-bond donors (Lipinski definition) is 3. The maximum atomic E-state index is 12.8. The fourth-order valence-corrected chi connectivity index (χ4v) is 2.89. The van der Waals surface area contributed by atoms with E-state index in [0.717, 1.165) is 18.7 Å². The molecule has 2 aliphatic heterocycles. The first-order chi connectivity index (χ1) is 12.8. The fourth-order valence-electron chi connectivity index (χ4n) is 2.89. The van der Waals surface area contributed by atoms with E-state index in [2.05, 4.69) is 20.2 Å². The van der Waals surface area contributed by atoms with Gasteiger partial charge in [-0.2, -0.15) is 23.2 Å². The number of morpholine rings is 1. The van der Waals surface area contributed by atoms with E-state index in [0.29, 0.717) is 25.3 Å². The van der Waals surface area contributed by atoms with Crippen LogP contribution in [0.25, 0.3) is 0 Å². The lowest BCUT2D eigenvalue weighted by Crippen LogP contribution is -2.49. The van der Waals surface area contributed by atoms with E-state index in [-0.39, 0.29) is 11.9 Å². The van der Waals surface area contributed by atoms with Gasteiger partial charge in [0.25, 0.3) is 5.85 Å². The Bertz CT molecular complexity index is 713. The molecule has 1 aromatic carbocycles. The second-order valence-corrected chi connectivity index (χ2v) is 6.22. The van der Waals surface area contributed by atoms with Crippen molar-refractivity contribution in [2.45, 2.75) is 18.6 Å². The molecular formula is C16H21F3N6O2. The predicted molar refractivity (Wildman–Crippen MR) is 92.6 cm³/mol. The van der Waals surface area contributed by atoms with E-state index in [9.17, 15) is 13.2 Å². The summed E-state index contributed by atoms with van der Waals surface area (Å²) < 4.78 is 48.7. The van der Waals surface area contributed by atoms with Crippen LogP contribution in [0.15, 0.2) is 34.3 Å². The SMILES string of the molecule is NC1=NC(OCC(F)(F)F)(c2cccc(CN3CCOCC3)c2)N=C(N)N1. The van der Waals surface area contributed by atoms with E-state index in [1.54, 1.807) is 18.2 Å². The minimum atomic E-state index is -4.56. The van der Waals surface area contributed by atoms with Crippen molar-refractivity contribution in [3.63, 3.8) is 0 Å². The average molecular weight is 386 g/mol. The molecular weight excluding hydrogens is 365 g/mol. The summed E-state index contributed by atoms with van der Waals surface area (Å²) in [4.78, 5) is 10.2. The minimum Gasteiger partial charge on any atom is -0.379 e. The smallest absolute Gasteiger partial charge is 0.379 e. The maximum absolute atomic E-state index is 12.8. The summed E-state index contributed by atoms with van der Waals surface area (Å²) in [5, 5.41) is 2.45. The van der Waals surface area contributed by atoms with Crippen molar-refractivity contribution in [2.24, 2.45) is 21.5 Å². The number of aliphatic imine (C=N–C) groups is 2. The molecule has 0 aliphatic carbocycles. The highest BCUT2D eigenvalue weighted by Gasteiger charge is 2.41. The molecule has 2 heterocycles. The molecule has 8 nitrogen and oxygen atoms in total. The standard InChI is InChI=1S/C16H21F3N6O2/c17-15(18,19)10-27-16(23-13(20)22-14(21)24-16)12-3-1-2-11(8-12)9-25-4-6-26-7-5-25/h1-3,8H,4-7,9-10H2,(H5,20,21,22,23,24). The van der Waals surface area contributed by atoms with Crippen LogP contribution in [0.3, 0.4) is 0 Å². The number of nitrogens with zero attached hydrogens (tertiary/aromatic N) is 3. The van der Waals surface area contributed by atoms with Crippen LogP contribution in [0.2, 0.25) is 0 Å². The molecule has 0 spiro atoms. The first-order valence-electron chi connectivity index (χ1n) is 8.34. The van der Waals surface area contributed by atoms with E-state index < -0.39 is 18.6 Å². The zero-order chi connectivity index (χ0) is 19.5. The maximum Gasteiger partial charge on any atom is 0.411 e. The normalized spacial score (nSPS) is 20.6. The van der Waals surface area contributed by atoms with Gasteiger partial charge in [-0.3, -0.25) is 10.2 Å². The molecule has 1 aromatic rings. The van der Waals surface area contributed by atoms with Gasteiger partial charge < -0.3 is 20.9 Å². The lowest BCUT2D eigenvalue weighted by Gasteiger charge is -2.31. The van der Waals surface area contributed by atoms with Crippen LogP contribution in [0.5, 0.6) is 0 Å². The van der Waals surface area contributed by atoms with Gasteiger partial charge in [0.1, 0.15) is 6.61 Å². The Morgan fingerprint density at radius 1 is 1.19 bits per heavy atom. The molecule has 0 saturated carbocycles. The van der Waals surface area contributed by atoms with Gasteiger partial charge in [0.15, 0.2) is 11.9 Å². The zero-order valence-corrected chi connectivity index (χ0v) is 14.5. The number of ether oxygens (including phenoxy) is 2. The second-order valence-electron chi connectivity index (χ2n) is 6.22. The molecule has 148 valence electrons. The van der Waals surface area contributed by atoms with Gasteiger partial charge in [0.05, 0.1) is 13.2 Å². The quantitative estimate of drug-likeness (QED) is 0.677. The highest BCUT2D eigenvalue weighted by molar-refractivity contribution is 5.98. The Labute approximate surface area is 154 Å². The first-order valence-corrected chi connectivity index (χ1v) is 8.34. The highest BCUT2D eigenvalue weighted by atomic mass is 19.4. The average Bonchev–Trinajstić information content (AvgIpc) is 2.60. The van der Waals surface area contributed by atoms with Crippen LogP contribution >= 0.6 is 0 Å². The Morgan fingerprint density at radius 2 is 1.85 bits per heavy atom. The van der Waals surface area contributed by atoms with Crippen LogP contribution in [0.1, 0.15) is 11.1 Å². The van der Waals surface area contributed by atoms with Gasteiger partial charge in [-0.05, 0) is 11.6 Å². The first kappa shape index (κ1) is 19.4. The number of guanidine groups is 2. The van der Waals surface area contributed by atoms with Gasteiger partial charge in [0.2, 0.25) is 0 Å². The third-order valence-corrected chi connectivity index (χ3v) is 4.05. The fraction of sp³-hybridized carbons (Fsp3) is 0.500. The van der Waals surface area contributed by atoms with Crippen molar-refractivity contribution in [1.82, 2.24) is 10.2 Å². The summed E-state index contributed by atoms with van der Waals surface area (Å²) in [5.41, 5.74) is 12.5. The molecule has 0 unspecified atom stereocenters.